The highest BCUT2D eigenvalue weighted by atomic mass is 16.3. The summed E-state index contributed by atoms with van der Waals surface area (Å²) < 4.78 is 0. The van der Waals surface area contributed by atoms with E-state index in [1.807, 2.05) is 0 Å². The molecule has 0 aliphatic heterocycles. The number of aromatic hydroxyl groups is 1. The van der Waals surface area contributed by atoms with Crippen molar-refractivity contribution >= 4 is 28.7 Å². The van der Waals surface area contributed by atoms with Gasteiger partial charge in [-0.2, -0.15) is 0 Å². The number of fused-ring (bicyclic) bond motifs is 1. The smallest absolute Gasteiger partial charge is 0.257 e. The van der Waals surface area contributed by atoms with Crippen LogP contribution >= 0.6 is 0 Å². The number of aromatic amines is 1. The number of phenols is 1. The first-order valence-corrected chi connectivity index (χ1v) is 6.64. The third kappa shape index (κ3) is 2.67. The van der Waals surface area contributed by atoms with Crippen molar-refractivity contribution in [3.05, 3.63) is 53.6 Å². The van der Waals surface area contributed by atoms with Crippen molar-refractivity contribution in [2.75, 3.05) is 5.32 Å². The highest BCUT2D eigenvalue weighted by Gasteiger charge is 2.10. The fraction of sp³-hybridized carbons (Fsp3) is 0.0625. The minimum absolute atomic E-state index is 0.0421. The number of Topliss-reactive ketones (excluding diaryl/α,β-unsaturated/α-hetero) is 1. The first-order valence-electron chi connectivity index (χ1n) is 6.64. The number of hydrogen-bond donors (Lipinski definition) is 3. The molecule has 6 nitrogen and oxygen atoms in total. The Morgan fingerprint density at radius 3 is 2.45 bits per heavy atom. The number of hydrogen-bond acceptors (Lipinski definition) is 4. The van der Waals surface area contributed by atoms with E-state index in [9.17, 15) is 14.7 Å². The Kier molecular flexibility index (Phi) is 3.34. The number of rotatable bonds is 3. The summed E-state index contributed by atoms with van der Waals surface area (Å²) in [5.74, 6) is 0.0104. The van der Waals surface area contributed by atoms with Gasteiger partial charge in [-0.1, -0.05) is 0 Å². The molecule has 0 spiro atoms. The normalized spacial score (nSPS) is 10.6. The summed E-state index contributed by atoms with van der Waals surface area (Å²) in [5.41, 5.74) is 2.30. The van der Waals surface area contributed by atoms with Crippen molar-refractivity contribution in [3.63, 3.8) is 0 Å². The number of H-pyrrole nitrogens is 1. The third-order valence-electron chi connectivity index (χ3n) is 3.25. The van der Waals surface area contributed by atoms with Crippen LogP contribution in [0.15, 0.2) is 42.5 Å². The summed E-state index contributed by atoms with van der Waals surface area (Å²) in [7, 11) is 0. The molecule has 0 fully saturated rings. The molecular weight excluding hydrogens is 282 g/mol. The van der Waals surface area contributed by atoms with Gasteiger partial charge in [-0.3, -0.25) is 14.9 Å². The van der Waals surface area contributed by atoms with Gasteiger partial charge in [0.1, 0.15) is 5.75 Å². The van der Waals surface area contributed by atoms with Crippen molar-refractivity contribution in [3.8, 4) is 5.75 Å². The van der Waals surface area contributed by atoms with Crippen molar-refractivity contribution in [2.45, 2.75) is 6.92 Å². The van der Waals surface area contributed by atoms with Crippen molar-refractivity contribution < 1.29 is 14.7 Å². The summed E-state index contributed by atoms with van der Waals surface area (Å²) in [4.78, 5) is 30.6. The second kappa shape index (κ2) is 5.33. The molecule has 0 saturated carbocycles. The largest absolute Gasteiger partial charge is 0.508 e. The van der Waals surface area contributed by atoms with Crippen LogP contribution in [0.3, 0.4) is 0 Å². The molecule has 3 aromatic rings. The van der Waals surface area contributed by atoms with Gasteiger partial charge in [-0.15, -0.1) is 0 Å². The Hall–Kier alpha value is -3.15. The number of nitrogens with zero attached hydrogens (tertiary/aromatic N) is 1. The van der Waals surface area contributed by atoms with Gasteiger partial charge in [0.15, 0.2) is 5.78 Å². The summed E-state index contributed by atoms with van der Waals surface area (Å²) >= 11 is 0. The summed E-state index contributed by atoms with van der Waals surface area (Å²) in [6.07, 6.45) is 0. The lowest BCUT2D eigenvalue weighted by Crippen LogP contribution is -2.12. The quantitative estimate of drug-likeness (QED) is 0.647. The van der Waals surface area contributed by atoms with Crippen LogP contribution in [0.5, 0.6) is 5.75 Å². The van der Waals surface area contributed by atoms with E-state index in [4.69, 9.17) is 0 Å². The van der Waals surface area contributed by atoms with E-state index in [0.717, 1.165) is 5.52 Å². The average molecular weight is 295 g/mol. The maximum atomic E-state index is 12.1. The van der Waals surface area contributed by atoms with E-state index in [0.29, 0.717) is 22.6 Å². The minimum atomic E-state index is -0.342. The van der Waals surface area contributed by atoms with Gasteiger partial charge in [0.05, 0.1) is 11.0 Å². The fourth-order valence-corrected chi connectivity index (χ4v) is 2.08. The number of imidazole rings is 1. The Morgan fingerprint density at radius 1 is 1.09 bits per heavy atom. The zero-order valence-electron chi connectivity index (χ0n) is 11.8. The predicted molar refractivity (Wildman–Crippen MR) is 82.2 cm³/mol. The number of anilines is 1. The van der Waals surface area contributed by atoms with Gasteiger partial charge in [-0.05, 0) is 49.4 Å². The molecule has 0 aliphatic rings. The van der Waals surface area contributed by atoms with Gasteiger partial charge in [0, 0.05) is 11.1 Å². The topological polar surface area (TPSA) is 95.1 Å². The Labute approximate surface area is 125 Å². The standard InChI is InChI=1S/C16H13N3O3/c1-9(20)11-4-7-13-14(8-11)18-16(17-13)19-15(22)10-2-5-12(21)6-3-10/h2-8,21H,1H3,(H2,17,18,19,22). The Morgan fingerprint density at radius 2 is 1.77 bits per heavy atom. The van der Waals surface area contributed by atoms with Crippen LogP contribution in [0.1, 0.15) is 27.6 Å². The molecule has 3 N–H and O–H groups in total. The van der Waals surface area contributed by atoms with Gasteiger partial charge >= 0.3 is 0 Å². The molecule has 0 saturated heterocycles. The molecule has 2 aromatic carbocycles. The van der Waals surface area contributed by atoms with Crippen LogP contribution in [0.4, 0.5) is 5.95 Å². The number of aromatic nitrogens is 2. The predicted octanol–water partition coefficient (Wildman–Crippen LogP) is 2.72. The second-order valence-corrected chi connectivity index (χ2v) is 4.87. The summed E-state index contributed by atoms with van der Waals surface area (Å²) in [6.45, 7) is 1.49. The maximum absolute atomic E-state index is 12.1. The highest BCUT2D eigenvalue weighted by Crippen LogP contribution is 2.17. The van der Waals surface area contributed by atoms with Gasteiger partial charge < -0.3 is 10.1 Å². The van der Waals surface area contributed by atoms with E-state index < -0.39 is 0 Å². The molecule has 6 heteroatoms. The fourth-order valence-electron chi connectivity index (χ4n) is 2.08. The van der Waals surface area contributed by atoms with Gasteiger partial charge in [-0.25, -0.2) is 4.98 Å². The molecule has 1 aromatic heterocycles. The Bertz CT molecular complexity index is 866. The molecule has 1 heterocycles. The third-order valence-corrected chi connectivity index (χ3v) is 3.25. The minimum Gasteiger partial charge on any atom is -0.508 e. The van der Waals surface area contributed by atoms with Crippen LogP contribution in [0, 0.1) is 0 Å². The SMILES string of the molecule is CC(=O)c1ccc2[nH]c(NC(=O)c3ccc(O)cc3)nc2c1. The molecular formula is C16H13N3O3. The Balaban J connectivity index is 1.86. The van der Waals surface area contributed by atoms with Crippen LogP contribution < -0.4 is 5.32 Å². The first kappa shape index (κ1) is 13.8. The second-order valence-electron chi connectivity index (χ2n) is 4.87. The number of nitrogens with one attached hydrogen (secondary N) is 2. The van der Waals surface area contributed by atoms with Crippen molar-refractivity contribution in [1.82, 2.24) is 9.97 Å². The summed E-state index contributed by atoms with van der Waals surface area (Å²) in [5, 5.41) is 11.9. The van der Waals surface area contributed by atoms with Crippen molar-refractivity contribution in [1.29, 1.82) is 0 Å². The number of carbonyl (C=O) groups is 2. The maximum Gasteiger partial charge on any atom is 0.257 e. The number of benzene rings is 2. The first-order chi connectivity index (χ1) is 10.5. The van der Waals surface area contributed by atoms with Gasteiger partial charge in [0.2, 0.25) is 5.95 Å². The average Bonchev–Trinajstić information content (AvgIpc) is 2.88. The number of ketones is 1. The lowest BCUT2D eigenvalue weighted by Gasteiger charge is -2.01. The molecule has 0 radical (unpaired) electrons. The molecule has 0 atom stereocenters. The molecule has 1 amide bonds. The number of phenolic OH excluding ortho intramolecular Hbond substituents is 1. The van der Waals surface area contributed by atoms with Crippen LogP contribution in [0.2, 0.25) is 0 Å². The molecule has 110 valence electrons. The van der Waals surface area contributed by atoms with Crippen LogP contribution in [-0.2, 0) is 0 Å². The van der Waals surface area contributed by atoms with Crippen LogP contribution in [-0.4, -0.2) is 26.8 Å². The van der Waals surface area contributed by atoms with E-state index in [-0.39, 0.29) is 17.4 Å². The molecule has 3 rings (SSSR count). The molecule has 0 unspecified atom stereocenters. The van der Waals surface area contributed by atoms with E-state index in [1.165, 1.54) is 31.2 Å². The number of amides is 1. The highest BCUT2D eigenvalue weighted by molar-refractivity contribution is 6.04. The summed E-state index contributed by atoms with van der Waals surface area (Å²) in [6, 6.07) is 11.0. The zero-order valence-corrected chi connectivity index (χ0v) is 11.8. The molecule has 0 bridgehead atoms. The van der Waals surface area contributed by atoms with E-state index >= 15 is 0 Å². The molecule has 0 aliphatic carbocycles. The monoisotopic (exact) mass is 295 g/mol. The van der Waals surface area contributed by atoms with Crippen LogP contribution in [0.25, 0.3) is 11.0 Å². The molecule has 22 heavy (non-hydrogen) atoms. The lowest BCUT2D eigenvalue weighted by molar-refractivity contribution is 0.101. The zero-order chi connectivity index (χ0) is 15.7. The van der Waals surface area contributed by atoms with Gasteiger partial charge in [0.25, 0.3) is 5.91 Å². The number of carbonyl (C=O) groups excluding carboxylic acids is 2. The van der Waals surface area contributed by atoms with Crippen molar-refractivity contribution in [2.24, 2.45) is 0 Å². The van der Waals surface area contributed by atoms with E-state index in [2.05, 4.69) is 15.3 Å². The lowest BCUT2D eigenvalue weighted by atomic mass is 10.1. The van der Waals surface area contributed by atoms with E-state index in [1.54, 1.807) is 18.2 Å².